The Morgan fingerprint density at radius 1 is 1.50 bits per heavy atom. The second kappa shape index (κ2) is 6.15. The summed E-state index contributed by atoms with van der Waals surface area (Å²) in [5.41, 5.74) is 0. The van der Waals surface area contributed by atoms with Gasteiger partial charge in [0.25, 0.3) is 0 Å². The third-order valence-electron chi connectivity index (χ3n) is 3.44. The number of hydrogen-bond donors (Lipinski definition) is 2. The molecule has 6 nitrogen and oxygen atoms in total. The summed E-state index contributed by atoms with van der Waals surface area (Å²) in [4.78, 5) is 25.6. The topological polar surface area (TPSA) is 70.7 Å². The van der Waals surface area contributed by atoms with E-state index in [4.69, 9.17) is 4.74 Å². The molecule has 2 amide bonds. The Labute approximate surface area is 107 Å². The fourth-order valence-electron chi connectivity index (χ4n) is 2.48. The maximum absolute atomic E-state index is 12.2. The summed E-state index contributed by atoms with van der Waals surface area (Å²) >= 11 is 0. The first-order valence-electron chi connectivity index (χ1n) is 6.62. The highest BCUT2D eigenvalue weighted by Crippen LogP contribution is 2.12. The number of ether oxygens (including phenoxy) is 1. The highest BCUT2D eigenvalue weighted by molar-refractivity contribution is 5.88. The Balaban J connectivity index is 1.91. The van der Waals surface area contributed by atoms with E-state index in [2.05, 4.69) is 10.6 Å². The van der Waals surface area contributed by atoms with E-state index in [1.165, 1.54) is 0 Å². The molecule has 18 heavy (non-hydrogen) atoms. The van der Waals surface area contributed by atoms with Gasteiger partial charge in [0.1, 0.15) is 6.04 Å². The van der Waals surface area contributed by atoms with Crippen LogP contribution in [0.25, 0.3) is 0 Å². The van der Waals surface area contributed by atoms with Gasteiger partial charge < -0.3 is 20.3 Å². The molecule has 0 radical (unpaired) electrons. The van der Waals surface area contributed by atoms with E-state index in [-0.39, 0.29) is 24.0 Å². The van der Waals surface area contributed by atoms with E-state index in [1.54, 1.807) is 4.90 Å². The smallest absolute Gasteiger partial charge is 0.242 e. The number of nitrogens with zero attached hydrogens (tertiary/aromatic N) is 1. The lowest BCUT2D eigenvalue weighted by Crippen LogP contribution is -2.57. The fraction of sp³-hybridized carbons (Fsp3) is 0.833. The summed E-state index contributed by atoms with van der Waals surface area (Å²) in [6.07, 6.45) is 0.951. The zero-order valence-corrected chi connectivity index (χ0v) is 10.8. The molecule has 2 rings (SSSR count). The normalized spacial score (nSPS) is 28.9. The van der Waals surface area contributed by atoms with Gasteiger partial charge in [0, 0.05) is 26.2 Å². The SMILES string of the molecule is CCC1C(=O)NCCN1C(=O)CC1CNCCO1. The second-order valence-electron chi connectivity index (χ2n) is 4.70. The summed E-state index contributed by atoms with van der Waals surface area (Å²) < 4.78 is 5.52. The van der Waals surface area contributed by atoms with E-state index in [0.717, 1.165) is 6.54 Å². The Hall–Kier alpha value is -1.14. The molecule has 0 saturated carbocycles. The van der Waals surface area contributed by atoms with Crippen molar-refractivity contribution in [3.8, 4) is 0 Å². The molecule has 0 aromatic heterocycles. The number of nitrogens with one attached hydrogen (secondary N) is 2. The first-order valence-corrected chi connectivity index (χ1v) is 6.62. The van der Waals surface area contributed by atoms with Crippen molar-refractivity contribution >= 4 is 11.8 Å². The molecule has 2 N–H and O–H groups in total. The van der Waals surface area contributed by atoms with Crippen LogP contribution in [-0.4, -0.2) is 61.6 Å². The van der Waals surface area contributed by atoms with Gasteiger partial charge >= 0.3 is 0 Å². The van der Waals surface area contributed by atoms with Crippen LogP contribution in [0.3, 0.4) is 0 Å². The molecule has 2 aliphatic rings. The molecule has 0 aromatic carbocycles. The molecule has 2 saturated heterocycles. The number of amides is 2. The average molecular weight is 255 g/mol. The van der Waals surface area contributed by atoms with Crippen LogP contribution in [0.15, 0.2) is 0 Å². The maximum atomic E-state index is 12.2. The Bertz CT molecular complexity index is 316. The van der Waals surface area contributed by atoms with E-state index in [1.807, 2.05) is 6.92 Å². The van der Waals surface area contributed by atoms with E-state index in [9.17, 15) is 9.59 Å². The Kier molecular flexibility index (Phi) is 4.54. The lowest BCUT2D eigenvalue weighted by atomic mass is 10.1. The average Bonchev–Trinajstić information content (AvgIpc) is 2.39. The largest absolute Gasteiger partial charge is 0.375 e. The van der Waals surface area contributed by atoms with Crippen molar-refractivity contribution in [1.82, 2.24) is 15.5 Å². The molecule has 2 atom stereocenters. The van der Waals surface area contributed by atoms with Crippen LogP contribution in [0.5, 0.6) is 0 Å². The van der Waals surface area contributed by atoms with Crippen LogP contribution in [-0.2, 0) is 14.3 Å². The summed E-state index contributed by atoms with van der Waals surface area (Å²) in [6, 6.07) is -0.317. The molecule has 2 heterocycles. The minimum atomic E-state index is -0.317. The van der Waals surface area contributed by atoms with Crippen molar-refractivity contribution < 1.29 is 14.3 Å². The third kappa shape index (κ3) is 3.00. The molecule has 2 unspecified atom stereocenters. The maximum Gasteiger partial charge on any atom is 0.242 e. The van der Waals surface area contributed by atoms with Gasteiger partial charge in [0.05, 0.1) is 19.1 Å². The Morgan fingerprint density at radius 2 is 2.33 bits per heavy atom. The zero-order chi connectivity index (χ0) is 13.0. The van der Waals surface area contributed by atoms with Gasteiger partial charge in [-0.2, -0.15) is 0 Å². The predicted molar refractivity (Wildman–Crippen MR) is 66.0 cm³/mol. The number of hydrogen-bond acceptors (Lipinski definition) is 4. The van der Waals surface area contributed by atoms with Gasteiger partial charge in [-0.05, 0) is 6.42 Å². The van der Waals surface area contributed by atoms with E-state index >= 15 is 0 Å². The van der Waals surface area contributed by atoms with Crippen LogP contribution in [0.2, 0.25) is 0 Å². The van der Waals surface area contributed by atoms with Crippen LogP contribution >= 0.6 is 0 Å². The number of piperazine rings is 1. The Morgan fingerprint density at radius 3 is 3.00 bits per heavy atom. The molecule has 2 fully saturated rings. The van der Waals surface area contributed by atoms with Gasteiger partial charge in [-0.3, -0.25) is 9.59 Å². The molecule has 0 aromatic rings. The molecule has 0 aliphatic carbocycles. The van der Waals surface area contributed by atoms with Crippen molar-refractivity contribution in [3.05, 3.63) is 0 Å². The molecule has 6 heteroatoms. The number of morpholine rings is 1. The summed E-state index contributed by atoms with van der Waals surface area (Å²) in [5.74, 6) is -0.0230. The number of carbonyl (C=O) groups excluding carboxylic acids is 2. The lowest BCUT2D eigenvalue weighted by Gasteiger charge is -2.35. The summed E-state index contributed by atoms with van der Waals surface area (Å²) in [7, 11) is 0. The monoisotopic (exact) mass is 255 g/mol. The first kappa shape index (κ1) is 13.3. The van der Waals surface area contributed by atoms with Crippen LogP contribution < -0.4 is 10.6 Å². The first-order chi connectivity index (χ1) is 8.72. The molecule has 102 valence electrons. The standard InChI is InChI=1S/C12H21N3O3/c1-2-10-12(17)14-3-5-15(10)11(16)7-9-8-13-4-6-18-9/h9-10,13H,2-8H2,1H3,(H,14,17). The van der Waals surface area contributed by atoms with Crippen molar-refractivity contribution in [2.24, 2.45) is 0 Å². The quantitative estimate of drug-likeness (QED) is 0.686. The molecular formula is C12H21N3O3. The highest BCUT2D eigenvalue weighted by atomic mass is 16.5. The molecule has 0 spiro atoms. The van der Waals surface area contributed by atoms with Gasteiger partial charge in [0.2, 0.25) is 11.8 Å². The van der Waals surface area contributed by atoms with E-state index < -0.39 is 0 Å². The van der Waals surface area contributed by atoms with Gasteiger partial charge in [-0.15, -0.1) is 0 Å². The number of rotatable bonds is 3. The highest BCUT2D eigenvalue weighted by Gasteiger charge is 2.32. The second-order valence-corrected chi connectivity index (χ2v) is 4.70. The summed E-state index contributed by atoms with van der Waals surface area (Å²) in [5, 5.41) is 6.00. The van der Waals surface area contributed by atoms with E-state index in [0.29, 0.717) is 39.1 Å². The van der Waals surface area contributed by atoms with Gasteiger partial charge in [-0.25, -0.2) is 0 Å². The van der Waals surface area contributed by atoms with Crippen LogP contribution in [0.4, 0.5) is 0 Å². The minimum Gasteiger partial charge on any atom is -0.375 e. The van der Waals surface area contributed by atoms with Crippen molar-refractivity contribution in [2.45, 2.75) is 31.9 Å². The third-order valence-corrected chi connectivity index (χ3v) is 3.44. The van der Waals surface area contributed by atoms with Crippen LogP contribution in [0, 0.1) is 0 Å². The van der Waals surface area contributed by atoms with Crippen molar-refractivity contribution in [3.63, 3.8) is 0 Å². The molecule has 2 aliphatic heterocycles. The minimum absolute atomic E-state index is 0.0189. The lowest BCUT2D eigenvalue weighted by molar-refractivity contribution is -0.145. The van der Waals surface area contributed by atoms with Crippen molar-refractivity contribution in [2.75, 3.05) is 32.8 Å². The summed E-state index contributed by atoms with van der Waals surface area (Å²) in [6.45, 7) is 5.27. The molecule has 0 bridgehead atoms. The molecular weight excluding hydrogens is 234 g/mol. The fourth-order valence-corrected chi connectivity index (χ4v) is 2.48. The zero-order valence-electron chi connectivity index (χ0n) is 10.8. The predicted octanol–water partition coefficient (Wildman–Crippen LogP) is -0.898. The van der Waals surface area contributed by atoms with Crippen LogP contribution in [0.1, 0.15) is 19.8 Å². The van der Waals surface area contributed by atoms with Crippen molar-refractivity contribution in [1.29, 1.82) is 0 Å². The van der Waals surface area contributed by atoms with Gasteiger partial charge in [0.15, 0.2) is 0 Å². The number of carbonyl (C=O) groups is 2. The van der Waals surface area contributed by atoms with Gasteiger partial charge in [-0.1, -0.05) is 6.92 Å².